The Kier molecular flexibility index (Phi) is 8.08. The number of nitrogens with zero attached hydrogens (tertiary/aromatic N) is 1. The molecule has 34 heavy (non-hydrogen) atoms. The summed E-state index contributed by atoms with van der Waals surface area (Å²) < 4.78 is 21.1. The van der Waals surface area contributed by atoms with Gasteiger partial charge in [0.1, 0.15) is 24.0 Å². The van der Waals surface area contributed by atoms with Crippen molar-refractivity contribution in [2.24, 2.45) is 0 Å². The van der Waals surface area contributed by atoms with Gasteiger partial charge in [0, 0.05) is 5.69 Å². The summed E-state index contributed by atoms with van der Waals surface area (Å²) in [5.74, 6) is 0.273. The summed E-state index contributed by atoms with van der Waals surface area (Å²) in [7, 11) is 2.75. The minimum Gasteiger partial charge on any atom is -0.493 e. The predicted octanol–water partition coefficient (Wildman–Crippen LogP) is 4.76. The number of rotatable bonds is 9. The first kappa shape index (κ1) is 24.1. The summed E-state index contributed by atoms with van der Waals surface area (Å²) >= 11 is 0. The van der Waals surface area contributed by atoms with Crippen molar-refractivity contribution in [1.82, 2.24) is 0 Å². The van der Waals surface area contributed by atoms with Gasteiger partial charge in [-0.05, 0) is 54.0 Å². The van der Waals surface area contributed by atoms with Crippen LogP contribution in [0.2, 0.25) is 0 Å². The Labute approximate surface area is 197 Å². The van der Waals surface area contributed by atoms with Crippen molar-refractivity contribution in [3.05, 3.63) is 82.8 Å². The van der Waals surface area contributed by atoms with Crippen LogP contribution in [0.3, 0.4) is 0 Å². The Morgan fingerprint density at radius 1 is 1.09 bits per heavy atom. The highest BCUT2D eigenvalue weighted by molar-refractivity contribution is 6.10. The van der Waals surface area contributed by atoms with E-state index >= 15 is 0 Å². The summed E-state index contributed by atoms with van der Waals surface area (Å²) in [4.78, 5) is 24.2. The average Bonchev–Trinajstić information content (AvgIpc) is 3.35. The fourth-order valence-electron chi connectivity index (χ4n) is 3.16. The van der Waals surface area contributed by atoms with Gasteiger partial charge in [0.15, 0.2) is 11.5 Å². The van der Waals surface area contributed by atoms with Crippen molar-refractivity contribution in [2.45, 2.75) is 20.0 Å². The first-order chi connectivity index (χ1) is 16.5. The number of benzene rings is 2. The Morgan fingerprint density at radius 3 is 2.59 bits per heavy atom. The van der Waals surface area contributed by atoms with Gasteiger partial charge in [-0.1, -0.05) is 31.2 Å². The smallest absolute Gasteiger partial charge is 0.373 e. The van der Waals surface area contributed by atoms with Crippen LogP contribution in [0.15, 0.2) is 64.6 Å². The molecule has 1 aromatic heterocycles. The molecule has 3 rings (SSSR count). The molecule has 0 radical (unpaired) electrons. The monoisotopic (exact) mass is 460 g/mol. The van der Waals surface area contributed by atoms with E-state index < -0.39 is 11.9 Å². The summed E-state index contributed by atoms with van der Waals surface area (Å²) in [6.07, 6.45) is 2.23. The number of methoxy groups -OCH3 is 2. The van der Waals surface area contributed by atoms with Gasteiger partial charge < -0.3 is 23.9 Å². The molecule has 0 aliphatic rings. The minimum atomic E-state index is -0.574. The number of furan rings is 1. The van der Waals surface area contributed by atoms with Crippen LogP contribution in [-0.4, -0.2) is 26.1 Å². The van der Waals surface area contributed by atoms with Gasteiger partial charge in [-0.3, -0.25) is 4.79 Å². The van der Waals surface area contributed by atoms with Crippen molar-refractivity contribution < 1.29 is 28.2 Å². The fourth-order valence-corrected chi connectivity index (χ4v) is 3.16. The van der Waals surface area contributed by atoms with Crippen LogP contribution in [0.25, 0.3) is 6.08 Å². The van der Waals surface area contributed by atoms with Crippen LogP contribution >= 0.6 is 0 Å². The molecule has 0 fully saturated rings. The molecule has 0 bridgehead atoms. The number of esters is 1. The fraction of sp³-hybridized carbons (Fsp3) is 0.192. The van der Waals surface area contributed by atoms with Crippen LogP contribution in [-0.2, 0) is 22.6 Å². The Bertz CT molecular complexity index is 1250. The number of hydrogen-bond acceptors (Lipinski definition) is 7. The molecule has 1 amide bonds. The van der Waals surface area contributed by atoms with Gasteiger partial charge in [-0.25, -0.2) is 4.79 Å². The maximum Gasteiger partial charge on any atom is 0.373 e. The van der Waals surface area contributed by atoms with E-state index in [0.29, 0.717) is 28.5 Å². The zero-order valence-electron chi connectivity index (χ0n) is 19.1. The number of nitriles is 1. The summed E-state index contributed by atoms with van der Waals surface area (Å²) in [6.45, 7) is 2.05. The molecule has 8 nitrogen and oxygen atoms in total. The highest BCUT2D eigenvalue weighted by atomic mass is 16.5. The van der Waals surface area contributed by atoms with Gasteiger partial charge in [0.25, 0.3) is 5.91 Å². The van der Waals surface area contributed by atoms with Crippen molar-refractivity contribution in [3.63, 3.8) is 0 Å². The van der Waals surface area contributed by atoms with E-state index in [1.165, 1.54) is 26.4 Å². The third-order valence-electron chi connectivity index (χ3n) is 4.93. The van der Waals surface area contributed by atoms with Crippen molar-refractivity contribution in [1.29, 1.82) is 5.26 Å². The SMILES string of the molecule is CCc1ccccc1NC(=O)C(C#N)=Cc1ccc(OCc2ccc(C(=O)OC)o2)c(OC)c1. The van der Waals surface area contributed by atoms with Crippen LogP contribution in [0.1, 0.15) is 34.4 Å². The average molecular weight is 460 g/mol. The molecule has 174 valence electrons. The lowest BCUT2D eigenvalue weighted by Gasteiger charge is -2.11. The number of para-hydroxylation sites is 1. The van der Waals surface area contributed by atoms with E-state index in [0.717, 1.165) is 12.0 Å². The molecule has 2 aromatic carbocycles. The van der Waals surface area contributed by atoms with Gasteiger partial charge in [-0.15, -0.1) is 0 Å². The van der Waals surface area contributed by atoms with Crippen molar-refractivity contribution in [2.75, 3.05) is 19.5 Å². The molecule has 0 aliphatic heterocycles. The number of aryl methyl sites for hydroxylation is 1. The third kappa shape index (κ3) is 5.84. The molecular weight excluding hydrogens is 436 g/mol. The molecule has 0 saturated carbocycles. The second-order valence-electron chi connectivity index (χ2n) is 7.09. The lowest BCUT2D eigenvalue weighted by molar-refractivity contribution is -0.112. The normalized spacial score (nSPS) is 10.8. The zero-order chi connectivity index (χ0) is 24.5. The number of carbonyl (C=O) groups excluding carboxylic acids is 2. The summed E-state index contributed by atoms with van der Waals surface area (Å²) in [6, 6.07) is 17.5. The maximum atomic E-state index is 12.7. The van der Waals surface area contributed by atoms with E-state index in [-0.39, 0.29) is 17.9 Å². The standard InChI is InChI=1S/C26H24N2O6/c1-4-18-7-5-6-8-21(18)28-25(29)19(15-27)13-17-9-11-22(24(14-17)31-2)33-16-20-10-12-23(34-20)26(30)32-3/h5-14H,4,16H2,1-3H3,(H,28,29). The van der Waals surface area contributed by atoms with Gasteiger partial charge in [0.2, 0.25) is 5.76 Å². The van der Waals surface area contributed by atoms with Gasteiger partial charge >= 0.3 is 5.97 Å². The molecule has 0 spiro atoms. The van der Waals surface area contributed by atoms with Gasteiger partial charge in [-0.2, -0.15) is 5.26 Å². The van der Waals surface area contributed by atoms with E-state index in [4.69, 9.17) is 13.9 Å². The molecule has 8 heteroatoms. The lowest BCUT2D eigenvalue weighted by atomic mass is 10.1. The van der Waals surface area contributed by atoms with Crippen molar-refractivity contribution in [3.8, 4) is 17.6 Å². The van der Waals surface area contributed by atoms with Crippen LogP contribution in [0.5, 0.6) is 11.5 Å². The van der Waals surface area contributed by atoms with E-state index in [1.54, 1.807) is 30.3 Å². The van der Waals surface area contributed by atoms with Crippen molar-refractivity contribution >= 4 is 23.6 Å². The molecule has 0 saturated heterocycles. The van der Waals surface area contributed by atoms with Gasteiger partial charge in [0.05, 0.1) is 14.2 Å². The number of nitrogens with one attached hydrogen (secondary N) is 1. The Morgan fingerprint density at radius 2 is 1.88 bits per heavy atom. The molecule has 0 aliphatic carbocycles. The number of amides is 1. The topological polar surface area (TPSA) is 111 Å². The Balaban J connectivity index is 1.74. The molecular formula is C26H24N2O6. The molecule has 1 N–H and O–H groups in total. The zero-order valence-corrected chi connectivity index (χ0v) is 19.1. The number of ether oxygens (including phenoxy) is 3. The summed E-state index contributed by atoms with van der Waals surface area (Å²) in [5.41, 5.74) is 2.19. The third-order valence-corrected chi connectivity index (χ3v) is 4.93. The highest BCUT2D eigenvalue weighted by Crippen LogP contribution is 2.30. The lowest BCUT2D eigenvalue weighted by Crippen LogP contribution is -2.14. The first-order valence-electron chi connectivity index (χ1n) is 10.5. The highest BCUT2D eigenvalue weighted by Gasteiger charge is 2.14. The molecule has 0 atom stereocenters. The number of anilines is 1. The predicted molar refractivity (Wildman–Crippen MR) is 125 cm³/mol. The minimum absolute atomic E-state index is 0.0486. The summed E-state index contributed by atoms with van der Waals surface area (Å²) in [5, 5.41) is 12.3. The van der Waals surface area contributed by atoms with E-state index in [2.05, 4.69) is 10.1 Å². The molecule has 0 unspecified atom stereocenters. The van der Waals surface area contributed by atoms with Crippen LogP contribution in [0, 0.1) is 11.3 Å². The molecule has 3 aromatic rings. The number of carbonyl (C=O) groups is 2. The maximum absolute atomic E-state index is 12.7. The second kappa shape index (κ2) is 11.4. The first-order valence-corrected chi connectivity index (χ1v) is 10.5. The van der Waals surface area contributed by atoms with Crippen LogP contribution < -0.4 is 14.8 Å². The largest absolute Gasteiger partial charge is 0.493 e. The van der Waals surface area contributed by atoms with E-state index in [1.807, 2.05) is 31.2 Å². The molecule has 1 heterocycles. The number of hydrogen-bond donors (Lipinski definition) is 1. The second-order valence-corrected chi connectivity index (χ2v) is 7.09. The quantitative estimate of drug-likeness (QED) is 0.278. The van der Waals surface area contributed by atoms with E-state index in [9.17, 15) is 14.9 Å². The van der Waals surface area contributed by atoms with Crippen LogP contribution in [0.4, 0.5) is 5.69 Å². The Hall–Kier alpha value is -4.51.